The Bertz CT molecular complexity index is 415. The molecule has 0 radical (unpaired) electrons. The van der Waals surface area contributed by atoms with E-state index in [1.165, 1.54) is 6.07 Å². The summed E-state index contributed by atoms with van der Waals surface area (Å²) in [6.07, 6.45) is 0. The van der Waals surface area contributed by atoms with Crippen LogP contribution in [0.4, 0.5) is 5.69 Å². The van der Waals surface area contributed by atoms with Crippen molar-refractivity contribution in [1.82, 2.24) is 5.32 Å². The van der Waals surface area contributed by atoms with Crippen LogP contribution in [0, 0.1) is 10.1 Å². The van der Waals surface area contributed by atoms with Crippen LogP contribution in [0.15, 0.2) is 22.7 Å². The molecule has 0 fully saturated rings. The molecular weight excluding hydrogens is 316 g/mol. The van der Waals surface area contributed by atoms with Crippen molar-refractivity contribution in [3.05, 3.63) is 38.3 Å². The molecule has 0 saturated heterocycles. The van der Waals surface area contributed by atoms with Crippen LogP contribution in [0.1, 0.15) is 19.4 Å². The summed E-state index contributed by atoms with van der Waals surface area (Å²) < 4.78 is 0.567. The van der Waals surface area contributed by atoms with Crippen molar-refractivity contribution in [3.63, 3.8) is 0 Å². The highest BCUT2D eigenvalue weighted by atomic mass is 79.9. The predicted octanol–water partition coefficient (Wildman–Crippen LogP) is 3.59. The SMILES string of the molecule is CCSCC(C)NCc1cccc([N+](=O)[O-])c1Br. The van der Waals surface area contributed by atoms with Gasteiger partial charge in [-0.2, -0.15) is 11.8 Å². The summed E-state index contributed by atoms with van der Waals surface area (Å²) in [6.45, 7) is 4.89. The quantitative estimate of drug-likeness (QED) is 0.612. The Morgan fingerprint density at radius 2 is 2.28 bits per heavy atom. The van der Waals surface area contributed by atoms with Crippen molar-refractivity contribution in [2.24, 2.45) is 0 Å². The smallest absolute Gasteiger partial charge is 0.283 e. The van der Waals surface area contributed by atoms with Crippen LogP contribution >= 0.6 is 27.7 Å². The highest BCUT2D eigenvalue weighted by Gasteiger charge is 2.14. The first kappa shape index (κ1) is 15.5. The number of nitro benzene ring substituents is 1. The third-order valence-electron chi connectivity index (χ3n) is 2.47. The van der Waals surface area contributed by atoms with Gasteiger partial charge in [0.25, 0.3) is 5.69 Å². The number of halogens is 1. The molecule has 0 aliphatic rings. The molecule has 18 heavy (non-hydrogen) atoms. The van der Waals surface area contributed by atoms with Crippen LogP contribution in [0.5, 0.6) is 0 Å². The van der Waals surface area contributed by atoms with Crippen molar-refractivity contribution in [2.45, 2.75) is 26.4 Å². The van der Waals surface area contributed by atoms with E-state index in [1.54, 1.807) is 6.07 Å². The van der Waals surface area contributed by atoms with Gasteiger partial charge in [0.15, 0.2) is 0 Å². The summed E-state index contributed by atoms with van der Waals surface area (Å²) in [6, 6.07) is 5.50. The molecule has 1 atom stereocenters. The first-order valence-corrected chi connectivity index (χ1v) is 7.74. The topological polar surface area (TPSA) is 55.2 Å². The van der Waals surface area contributed by atoms with Crippen molar-refractivity contribution in [1.29, 1.82) is 0 Å². The molecule has 6 heteroatoms. The molecule has 0 amide bonds. The van der Waals surface area contributed by atoms with Gasteiger partial charge in [0.2, 0.25) is 0 Å². The van der Waals surface area contributed by atoms with Gasteiger partial charge >= 0.3 is 0 Å². The first-order valence-electron chi connectivity index (χ1n) is 5.79. The monoisotopic (exact) mass is 332 g/mol. The Balaban J connectivity index is 2.62. The van der Waals surface area contributed by atoms with Gasteiger partial charge in [0.1, 0.15) is 0 Å². The zero-order chi connectivity index (χ0) is 13.5. The molecule has 0 spiro atoms. The van der Waals surface area contributed by atoms with Gasteiger partial charge in [0, 0.05) is 24.4 Å². The number of thioether (sulfide) groups is 1. The standard InChI is InChI=1S/C12H17BrN2O2S/c1-3-18-8-9(2)14-7-10-5-4-6-11(12(10)13)15(16)17/h4-6,9,14H,3,7-8H2,1-2H3. The van der Waals surface area contributed by atoms with Crippen molar-refractivity contribution < 1.29 is 4.92 Å². The lowest BCUT2D eigenvalue weighted by Crippen LogP contribution is -2.27. The van der Waals surface area contributed by atoms with Crippen molar-refractivity contribution >= 4 is 33.4 Å². The Kier molecular flexibility index (Phi) is 6.67. The van der Waals surface area contributed by atoms with Gasteiger partial charge in [-0.05, 0) is 34.2 Å². The second kappa shape index (κ2) is 7.76. The van der Waals surface area contributed by atoms with E-state index < -0.39 is 0 Å². The predicted molar refractivity (Wildman–Crippen MR) is 80.1 cm³/mol. The number of hydrogen-bond donors (Lipinski definition) is 1. The minimum Gasteiger partial charge on any atom is -0.309 e. The Hall–Kier alpha value is -0.590. The van der Waals surface area contributed by atoms with Crippen LogP contribution < -0.4 is 5.32 Å². The maximum atomic E-state index is 10.8. The zero-order valence-electron chi connectivity index (χ0n) is 10.5. The molecule has 1 unspecified atom stereocenters. The highest BCUT2D eigenvalue weighted by Crippen LogP contribution is 2.28. The third kappa shape index (κ3) is 4.59. The van der Waals surface area contributed by atoms with E-state index in [4.69, 9.17) is 0 Å². The van der Waals surface area contributed by atoms with Crippen molar-refractivity contribution in [2.75, 3.05) is 11.5 Å². The fraction of sp³-hybridized carbons (Fsp3) is 0.500. The molecule has 4 nitrogen and oxygen atoms in total. The lowest BCUT2D eigenvalue weighted by atomic mass is 10.2. The number of rotatable bonds is 7. The third-order valence-corrected chi connectivity index (χ3v) is 4.53. The summed E-state index contributed by atoms with van der Waals surface area (Å²) in [4.78, 5) is 10.4. The molecule has 1 rings (SSSR count). The van der Waals surface area contributed by atoms with Crippen molar-refractivity contribution in [3.8, 4) is 0 Å². The van der Waals surface area contributed by atoms with E-state index in [-0.39, 0.29) is 10.6 Å². The molecule has 0 heterocycles. The number of nitrogens with one attached hydrogen (secondary N) is 1. The fourth-order valence-electron chi connectivity index (χ4n) is 1.48. The van der Waals surface area contributed by atoms with Crippen LogP contribution in [-0.4, -0.2) is 22.5 Å². The summed E-state index contributed by atoms with van der Waals surface area (Å²) >= 11 is 5.18. The van der Waals surface area contributed by atoms with E-state index >= 15 is 0 Å². The van der Waals surface area contributed by atoms with Gasteiger partial charge < -0.3 is 5.32 Å². The largest absolute Gasteiger partial charge is 0.309 e. The normalized spacial score (nSPS) is 12.4. The van der Waals surface area contributed by atoms with Gasteiger partial charge in [-0.3, -0.25) is 10.1 Å². The highest BCUT2D eigenvalue weighted by molar-refractivity contribution is 9.10. The van der Waals surface area contributed by atoms with Crippen LogP contribution in [-0.2, 0) is 6.54 Å². The van der Waals surface area contributed by atoms with Gasteiger partial charge in [-0.15, -0.1) is 0 Å². The van der Waals surface area contributed by atoms with Gasteiger partial charge in [0.05, 0.1) is 9.40 Å². The molecule has 0 aliphatic carbocycles. The molecule has 1 N–H and O–H groups in total. The first-order chi connectivity index (χ1) is 8.56. The van der Waals surface area contributed by atoms with E-state index in [1.807, 2.05) is 17.8 Å². The number of nitro groups is 1. The maximum absolute atomic E-state index is 10.8. The minimum absolute atomic E-state index is 0.116. The Morgan fingerprint density at radius 1 is 1.56 bits per heavy atom. The molecular formula is C12H17BrN2O2S. The van der Waals surface area contributed by atoms with E-state index in [2.05, 4.69) is 35.1 Å². The molecule has 0 aliphatic heterocycles. The van der Waals surface area contributed by atoms with E-state index in [0.29, 0.717) is 17.1 Å². The second-order valence-electron chi connectivity index (χ2n) is 3.95. The summed E-state index contributed by atoms with van der Waals surface area (Å²) in [5.74, 6) is 2.15. The Labute approximate surface area is 120 Å². The lowest BCUT2D eigenvalue weighted by Gasteiger charge is -2.13. The molecule has 100 valence electrons. The van der Waals surface area contributed by atoms with E-state index in [0.717, 1.165) is 17.1 Å². The number of hydrogen-bond acceptors (Lipinski definition) is 4. The summed E-state index contributed by atoms with van der Waals surface area (Å²) in [5.41, 5.74) is 1.03. The molecule has 0 aromatic heterocycles. The van der Waals surface area contributed by atoms with Crippen LogP contribution in [0.25, 0.3) is 0 Å². The Morgan fingerprint density at radius 3 is 2.89 bits per heavy atom. The summed E-state index contributed by atoms with van der Waals surface area (Å²) in [7, 11) is 0. The molecule has 1 aromatic rings. The average Bonchev–Trinajstić information content (AvgIpc) is 2.34. The molecule has 0 saturated carbocycles. The van der Waals surface area contributed by atoms with Crippen LogP contribution in [0.3, 0.4) is 0 Å². The average molecular weight is 333 g/mol. The van der Waals surface area contributed by atoms with Crippen LogP contribution in [0.2, 0.25) is 0 Å². The summed E-state index contributed by atoms with van der Waals surface area (Å²) in [5, 5.41) is 14.2. The second-order valence-corrected chi connectivity index (χ2v) is 6.06. The fourth-order valence-corrected chi connectivity index (χ4v) is 2.74. The van der Waals surface area contributed by atoms with Gasteiger partial charge in [-0.25, -0.2) is 0 Å². The zero-order valence-corrected chi connectivity index (χ0v) is 12.9. The lowest BCUT2D eigenvalue weighted by molar-refractivity contribution is -0.385. The number of nitrogens with zero attached hydrogens (tertiary/aromatic N) is 1. The molecule has 1 aromatic carbocycles. The minimum atomic E-state index is -0.371. The van der Waals surface area contributed by atoms with Gasteiger partial charge in [-0.1, -0.05) is 19.1 Å². The molecule has 0 bridgehead atoms. The number of benzene rings is 1. The van der Waals surface area contributed by atoms with E-state index in [9.17, 15) is 10.1 Å². The maximum Gasteiger partial charge on any atom is 0.283 e.